The largest absolute Gasteiger partial charge is 0.390 e. The molecule has 0 bridgehead atoms. The Morgan fingerprint density at radius 1 is 1.33 bits per heavy atom. The predicted octanol–water partition coefficient (Wildman–Crippen LogP) is 2.53. The van der Waals surface area contributed by atoms with Crippen molar-refractivity contribution < 1.29 is 9.90 Å². The van der Waals surface area contributed by atoms with Crippen molar-refractivity contribution in [1.29, 1.82) is 0 Å². The van der Waals surface area contributed by atoms with Gasteiger partial charge in [0.25, 0.3) is 0 Å². The Bertz CT molecular complexity index is 277. The molecule has 3 heteroatoms. The molecule has 2 fully saturated rings. The summed E-state index contributed by atoms with van der Waals surface area (Å²) in [6.07, 6.45) is 4.84. The van der Waals surface area contributed by atoms with Gasteiger partial charge in [0, 0.05) is 16.7 Å². The molecule has 0 heterocycles. The fraction of sp³-hybridized carbons (Fsp3) is 0.917. The van der Waals surface area contributed by atoms with Crippen LogP contribution < -0.4 is 0 Å². The SMILES string of the molecule is C[C@]12CC[C@@H](C=O)[C@@H]1[C@](C)(O)CC[C@@H]2Br. The van der Waals surface area contributed by atoms with Crippen LogP contribution in [0.25, 0.3) is 0 Å². The highest BCUT2D eigenvalue weighted by Crippen LogP contribution is 2.59. The minimum absolute atomic E-state index is 0.0466. The van der Waals surface area contributed by atoms with Gasteiger partial charge in [-0.15, -0.1) is 0 Å². The van der Waals surface area contributed by atoms with Gasteiger partial charge in [0.05, 0.1) is 5.60 Å². The van der Waals surface area contributed by atoms with Crippen LogP contribution >= 0.6 is 15.9 Å². The fourth-order valence-electron chi connectivity index (χ4n) is 3.86. The van der Waals surface area contributed by atoms with E-state index in [4.69, 9.17) is 0 Å². The van der Waals surface area contributed by atoms with E-state index in [9.17, 15) is 9.90 Å². The minimum atomic E-state index is -0.666. The minimum Gasteiger partial charge on any atom is -0.390 e. The van der Waals surface area contributed by atoms with Crippen molar-refractivity contribution >= 4 is 22.2 Å². The van der Waals surface area contributed by atoms with Crippen LogP contribution in [-0.4, -0.2) is 21.8 Å². The second-order valence-corrected chi connectivity index (χ2v) is 6.79. The first-order chi connectivity index (χ1) is 6.92. The summed E-state index contributed by atoms with van der Waals surface area (Å²) in [4.78, 5) is 11.5. The number of fused-ring (bicyclic) bond motifs is 1. The Labute approximate surface area is 99.6 Å². The highest BCUT2D eigenvalue weighted by atomic mass is 79.9. The number of aldehydes is 1. The topological polar surface area (TPSA) is 37.3 Å². The van der Waals surface area contributed by atoms with Crippen molar-refractivity contribution in [3.05, 3.63) is 0 Å². The van der Waals surface area contributed by atoms with E-state index in [0.29, 0.717) is 4.83 Å². The lowest BCUT2D eigenvalue weighted by Crippen LogP contribution is -2.52. The zero-order valence-electron chi connectivity index (χ0n) is 9.37. The maximum atomic E-state index is 11.1. The first-order valence-corrected chi connectivity index (χ1v) is 6.65. The van der Waals surface area contributed by atoms with Crippen LogP contribution in [0.2, 0.25) is 0 Å². The molecule has 2 rings (SSSR count). The molecule has 15 heavy (non-hydrogen) atoms. The number of aliphatic hydroxyl groups is 1. The molecule has 2 nitrogen and oxygen atoms in total. The van der Waals surface area contributed by atoms with Gasteiger partial charge < -0.3 is 9.90 Å². The van der Waals surface area contributed by atoms with Crippen molar-refractivity contribution in [2.45, 2.75) is 50.0 Å². The van der Waals surface area contributed by atoms with Crippen molar-refractivity contribution in [2.24, 2.45) is 17.3 Å². The maximum Gasteiger partial charge on any atom is 0.123 e. The van der Waals surface area contributed by atoms with E-state index in [2.05, 4.69) is 22.9 Å². The number of halogens is 1. The number of hydrogen-bond donors (Lipinski definition) is 1. The van der Waals surface area contributed by atoms with Gasteiger partial charge in [-0.2, -0.15) is 0 Å². The third kappa shape index (κ3) is 1.59. The molecule has 0 unspecified atom stereocenters. The van der Waals surface area contributed by atoms with E-state index in [0.717, 1.165) is 32.0 Å². The summed E-state index contributed by atoms with van der Waals surface area (Å²) in [7, 11) is 0. The highest BCUT2D eigenvalue weighted by Gasteiger charge is 2.58. The number of carbonyl (C=O) groups is 1. The smallest absolute Gasteiger partial charge is 0.123 e. The molecule has 2 aliphatic rings. The zero-order chi connectivity index (χ0) is 11.3. The van der Waals surface area contributed by atoms with E-state index in [-0.39, 0.29) is 17.3 Å². The molecule has 0 saturated heterocycles. The van der Waals surface area contributed by atoms with Gasteiger partial charge >= 0.3 is 0 Å². The third-order valence-electron chi connectivity index (χ3n) is 4.62. The average molecular weight is 275 g/mol. The van der Waals surface area contributed by atoms with E-state index >= 15 is 0 Å². The van der Waals surface area contributed by atoms with E-state index < -0.39 is 5.60 Å². The lowest BCUT2D eigenvalue weighted by atomic mass is 9.61. The van der Waals surface area contributed by atoms with Crippen LogP contribution in [0.3, 0.4) is 0 Å². The average Bonchev–Trinajstić information content (AvgIpc) is 2.53. The quantitative estimate of drug-likeness (QED) is 0.590. The standard InChI is InChI=1S/C12H19BrO2/c1-11-5-3-8(7-14)10(11)12(2,15)6-4-9(11)13/h7-10,15H,3-6H2,1-2H3/t8-,9-,10-,11+,12+/m0/s1. The molecule has 0 spiro atoms. The Morgan fingerprint density at radius 3 is 2.60 bits per heavy atom. The van der Waals surface area contributed by atoms with Crippen LogP contribution in [0.4, 0.5) is 0 Å². The summed E-state index contributed by atoms with van der Waals surface area (Å²) >= 11 is 3.73. The summed E-state index contributed by atoms with van der Waals surface area (Å²) in [5.41, 5.74) is -0.575. The van der Waals surface area contributed by atoms with E-state index in [1.54, 1.807) is 0 Å². The van der Waals surface area contributed by atoms with E-state index in [1.807, 2.05) is 6.92 Å². The van der Waals surface area contributed by atoms with Crippen LogP contribution in [0.1, 0.15) is 39.5 Å². The molecular weight excluding hydrogens is 256 g/mol. The summed E-state index contributed by atoms with van der Waals surface area (Å²) in [6.45, 7) is 4.12. The molecule has 1 N–H and O–H groups in total. The predicted molar refractivity (Wildman–Crippen MR) is 63.0 cm³/mol. The monoisotopic (exact) mass is 274 g/mol. The van der Waals surface area contributed by atoms with Crippen LogP contribution in [-0.2, 0) is 4.79 Å². The van der Waals surface area contributed by atoms with Crippen molar-refractivity contribution in [1.82, 2.24) is 0 Å². The maximum absolute atomic E-state index is 11.1. The van der Waals surface area contributed by atoms with Gasteiger partial charge in [-0.05, 0) is 38.0 Å². The first-order valence-electron chi connectivity index (χ1n) is 5.73. The molecule has 0 amide bonds. The summed E-state index contributed by atoms with van der Waals surface area (Å²) in [6, 6.07) is 0. The Balaban J connectivity index is 2.37. The molecule has 2 aliphatic carbocycles. The normalized spacial score (nSPS) is 55.1. The molecule has 0 aliphatic heterocycles. The molecular formula is C12H19BrO2. The Hall–Kier alpha value is 0.110. The zero-order valence-corrected chi connectivity index (χ0v) is 11.0. The second-order valence-electron chi connectivity index (χ2n) is 5.69. The van der Waals surface area contributed by atoms with Gasteiger partial charge in [-0.3, -0.25) is 0 Å². The second kappa shape index (κ2) is 3.56. The lowest BCUT2D eigenvalue weighted by Gasteiger charge is -2.50. The summed E-state index contributed by atoms with van der Waals surface area (Å²) < 4.78 is 0. The van der Waals surface area contributed by atoms with Crippen molar-refractivity contribution in [3.63, 3.8) is 0 Å². The van der Waals surface area contributed by atoms with Gasteiger partial charge in [0.1, 0.15) is 6.29 Å². The summed E-state index contributed by atoms with van der Waals surface area (Å²) in [5.74, 6) is 0.172. The molecule has 2 saturated carbocycles. The molecule has 0 aromatic carbocycles. The van der Waals surface area contributed by atoms with E-state index in [1.165, 1.54) is 0 Å². The molecule has 0 aromatic heterocycles. The van der Waals surface area contributed by atoms with Gasteiger partial charge in [0.15, 0.2) is 0 Å². The lowest BCUT2D eigenvalue weighted by molar-refractivity contribution is -0.124. The number of carbonyl (C=O) groups excluding carboxylic acids is 1. The van der Waals surface area contributed by atoms with Crippen LogP contribution in [0.5, 0.6) is 0 Å². The van der Waals surface area contributed by atoms with Crippen LogP contribution in [0.15, 0.2) is 0 Å². The number of hydrogen-bond acceptors (Lipinski definition) is 2. The number of rotatable bonds is 1. The van der Waals surface area contributed by atoms with Gasteiger partial charge in [0.2, 0.25) is 0 Å². The van der Waals surface area contributed by atoms with Crippen molar-refractivity contribution in [3.8, 4) is 0 Å². The summed E-state index contributed by atoms with van der Waals surface area (Å²) in [5, 5.41) is 10.4. The number of alkyl halides is 1. The Morgan fingerprint density at radius 2 is 2.00 bits per heavy atom. The first kappa shape index (κ1) is 11.6. The van der Waals surface area contributed by atoms with Gasteiger partial charge in [-0.25, -0.2) is 0 Å². The fourth-order valence-corrected chi connectivity index (χ4v) is 4.61. The molecule has 0 radical (unpaired) electrons. The molecule has 5 atom stereocenters. The molecule has 86 valence electrons. The molecule has 0 aromatic rings. The third-order valence-corrected chi connectivity index (χ3v) is 6.12. The Kier molecular flexibility index (Phi) is 2.75. The highest BCUT2D eigenvalue weighted by molar-refractivity contribution is 9.09. The van der Waals surface area contributed by atoms with Crippen LogP contribution in [0, 0.1) is 17.3 Å². The van der Waals surface area contributed by atoms with Crippen molar-refractivity contribution in [2.75, 3.05) is 0 Å². The van der Waals surface area contributed by atoms with Gasteiger partial charge in [-0.1, -0.05) is 22.9 Å².